The molecule has 0 aliphatic rings. The SMILES string of the molecule is Nc1ccn(CCCl)c(=O)n1. The maximum Gasteiger partial charge on any atom is 0.349 e. The Morgan fingerprint density at radius 3 is 3.00 bits per heavy atom. The summed E-state index contributed by atoms with van der Waals surface area (Å²) in [6.45, 7) is 0.466. The average Bonchev–Trinajstić information content (AvgIpc) is 1.95. The molecule has 0 amide bonds. The highest BCUT2D eigenvalue weighted by Gasteiger charge is 1.94. The van der Waals surface area contributed by atoms with Crippen LogP contribution in [0.1, 0.15) is 0 Å². The largest absolute Gasteiger partial charge is 0.383 e. The van der Waals surface area contributed by atoms with Gasteiger partial charge in [0.15, 0.2) is 0 Å². The number of anilines is 1. The van der Waals surface area contributed by atoms with Crippen molar-refractivity contribution >= 4 is 17.4 Å². The minimum atomic E-state index is -0.356. The summed E-state index contributed by atoms with van der Waals surface area (Å²) in [6.07, 6.45) is 1.58. The quantitative estimate of drug-likeness (QED) is 0.644. The first kappa shape index (κ1) is 8.07. The van der Waals surface area contributed by atoms with Crippen molar-refractivity contribution in [2.75, 3.05) is 11.6 Å². The van der Waals surface area contributed by atoms with Crippen LogP contribution in [0.2, 0.25) is 0 Å². The van der Waals surface area contributed by atoms with Crippen molar-refractivity contribution in [2.24, 2.45) is 0 Å². The van der Waals surface area contributed by atoms with E-state index >= 15 is 0 Å². The van der Waals surface area contributed by atoms with Crippen LogP contribution in [0.5, 0.6) is 0 Å². The molecule has 60 valence electrons. The Morgan fingerprint density at radius 1 is 1.73 bits per heavy atom. The van der Waals surface area contributed by atoms with Crippen molar-refractivity contribution in [1.82, 2.24) is 9.55 Å². The number of nitrogen functional groups attached to an aromatic ring is 1. The van der Waals surface area contributed by atoms with Crippen LogP contribution in [0.4, 0.5) is 5.82 Å². The topological polar surface area (TPSA) is 60.9 Å². The first-order valence-corrected chi connectivity index (χ1v) is 3.66. The van der Waals surface area contributed by atoms with Crippen molar-refractivity contribution in [3.63, 3.8) is 0 Å². The second-order valence-corrected chi connectivity index (χ2v) is 2.40. The molecule has 4 nitrogen and oxygen atoms in total. The van der Waals surface area contributed by atoms with E-state index in [0.29, 0.717) is 12.4 Å². The molecule has 0 aliphatic heterocycles. The number of alkyl halides is 1. The Hall–Kier alpha value is -1.03. The van der Waals surface area contributed by atoms with Gasteiger partial charge in [-0.05, 0) is 6.07 Å². The molecule has 0 bridgehead atoms. The molecule has 0 fully saturated rings. The van der Waals surface area contributed by atoms with E-state index in [1.165, 1.54) is 4.57 Å². The average molecular weight is 174 g/mol. The summed E-state index contributed by atoms with van der Waals surface area (Å²) in [5, 5.41) is 0. The smallest absolute Gasteiger partial charge is 0.349 e. The van der Waals surface area contributed by atoms with Gasteiger partial charge in [0.1, 0.15) is 5.82 Å². The van der Waals surface area contributed by atoms with Crippen molar-refractivity contribution in [2.45, 2.75) is 6.54 Å². The molecule has 1 heterocycles. The second-order valence-electron chi connectivity index (χ2n) is 2.02. The summed E-state index contributed by atoms with van der Waals surface area (Å²) in [6, 6.07) is 1.56. The number of hydrogen-bond donors (Lipinski definition) is 1. The summed E-state index contributed by atoms with van der Waals surface area (Å²) >= 11 is 5.43. The molecule has 0 unspecified atom stereocenters. The number of halogens is 1. The van der Waals surface area contributed by atoms with Crippen LogP contribution in [0.15, 0.2) is 17.1 Å². The molecule has 0 spiro atoms. The lowest BCUT2D eigenvalue weighted by molar-refractivity contribution is 0.705. The Morgan fingerprint density at radius 2 is 2.45 bits per heavy atom. The Kier molecular flexibility index (Phi) is 2.48. The van der Waals surface area contributed by atoms with Gasteiger partial charge in [-0.2, -0.15) is 4.98 Å². The summed E-state index contributed by atoms with van der Waals surface area (Å²) in [5.74, 6) is 0.631. The van der Waals surface area contributed by atoms with E-state index in [1.807, 2.05) is 0 Å². The fourth-order valence-electron chi connectivity index (χ4n) is 0.703. The van der Waals surface area contributed by atoms with Gasteiger partial charge in [-0.3, -0.25) is 4.57 Å². The highest BCUT2D eigenvalue weighted by Crippen LogP contribution is 1.89. The fraction of sp³-hybridized carbons (Fsp3) is 0.333. The predicted molar refractivity (Wildman–Crippen MR) is 43.6 cm³/mol. The lowest BCUT2D eigenvalue weighted by atomic mass is 10.6. The molecule has 0 saturated heterocycles. The zero-order valence-corrected chi connectivity index (χ0v) is 6.58. The van der Waals surface area contributed by atoms with Gasteiger partial charge in [0.2, 0.25) is 0 Å². The molecule has 0 saturated carbocycles. The Bertz CT molecular complexity index is 296. The van der Waals surface area contributed by atoms with Gasteiger partial charge in [-0.15, -0.1) is 11.6 Å². The molecule has 1 aromatic rings. The van der Waals surface area contributed by atoms with E-state index in [-0.39, 0.29) is 11.5 Å². The first-order chi connectivity index (χ1) is 5.24. The third-order valence-electron chi connectivity index (χ3n) is 1.22. The van der Waals surface area contributed by atoms with Gasteiger partial charge >= 0.3 is 5.69 Å². The molecule has 0 aromatic carbocycles. The minimum Gasteiger partial charge on any atom is -0.383 e. The lowest BCUT2D eigenvalue weighted by Crippen LogP contribution is -2.23. The van der Waals surface area contributed by atoms with E-state index in [1.54, 1.807) is 12.3 Å². The van der Waals surface area contributed by atoms with E-state index < -0.39 is 0 Å². The fourth-order valence-corrected chi connectivity index (χ4v) is 0.885. The summed E-state index contributed by atoms with van der Waals surface area (Å²) in [5.41, 5.74) is 4.91. The Labute approximate surface area is 68.6 Å². The number of aryl methyl sites for hydroxylation is 1. The van der Waals surface area contributed by atoms with Gasteiger partial charge in [0, 0.05) is 18.6 Å². The number of hydrogen-bond acceptors (Lipinski definition) is 3. The first-order valence-electron chi connectivity index (χ1n) is 3.13. The Balaban J connectivity index is 3.00. The molecular formula is C6H8ClN3O. The van der Waals surface area contributed by atoms with Crippen molar-refractivity contribution in [3.8, 4) is 0 Å². The number of nitrogens with zero attached hydrogens (tertiary/aromatic N) is 2. The van der Waals surface area contributed by atoms with Crippen LogP contribution in [0, 0.1) is 0 Å². The highest BCUT2D eigenvalue weighted by molar-refractivity contribution is 6.17. The summed E-state index contributed by atoms with van der Waals surface area (Å²) in [7, 11) is 0. The van der Waals surface area contributed by atoms with Crippen molar-refractivity contribution in [3.05, 3.63) is 22.7 Å². The molecule has 0 atom stereocenters. The zero-order valence-electron chi connectivity index (χ0n) is 5.83. The number of rotatable bonds is 2. The van der Waals surface area contributed by atoms with Gasteiger partial charge in [-0.25, -0.2) is 4.79 Å². The monoisotopic (exact) mass is 173 g/mol. The molecule has 0 aliphatic carbocycles. The maximum absolute atomic E-state index is 10.9. The lowest BCUT2D eigenvalue weighted by Gasteiger charge is -1.99. The summed E-state index contributed by atoms with van der Waals surface area (Å²) in [4.78, 5) is 14.5. The van der Waals surface area contributed by atoms with Crippen molar-refractivity contribution in [1.29, 1.82) is 0 Å². The molecule has 2 N–H and O–H groups in total. The third kappa shape index (κ3) is 1.94. The normalized spacial score (nSPS) is 9.91. The van der Waals surface area contributed by atoms with Crippen LogP contribution < -0.4 is 11.4 Å². The van der Waals surface area contributed by atoms with Crippen LogP contribution in [0.25, 0.3) is 0 Å². The van der Waals surface area contributed by atoms with Crippen molar-refractivity contribution < 1.29 is 0 Å². The van der Waals surface area contributed by atoms with Crippen LogP contribution >= 0.6 is 11.6 Å². The third-order valence-corrected chi connectivity index (χ3v) is 1.39. The second kappa shape index (κ2) is 3.39. The molecular weight excluding hydrogens is 166 g/mol. The maximum atomic E-state index is 10.9. The van der Waals surface area contributed by atoms with Crippen LogP contribution in [-0.4, -0.2) is 15.4 Å². The molecule has 5 heteroatoms. The zero-order chi connectivity index (χ0) is 8.27. The van der Waals surface area contributed by atoms with Crippen LogP contribution in [0.3, 0.4) is 0 Å². The molecule has 1 aromatic heterocycles. The molecule has 1 rings (SSSR count). The van der Waals surface area contributed by atoms with Gasteiger partial charge in [-0.1, -0.05) is 0 Å². The predicted octanol–water partition coefficient (Wildman–Crippen LogP) is 0.0643. The van der Waals surface area contributed by atoms with E-state index in [0.717, 1.165) is 0 Å². The standard InChI is InChI=1S/C6H8ClN3O/c7-2-4-10-3-1-5(8)9-6(10)11/h1,3H,2,4H2,(H2,8,9,11). The van der Waals surface area contributed by atoms with E-state index in [9.17, 15) is 4.79 Å². The number of aromatic nitrogens is 2. The molecule has 11 heavy (non-hydrogen) atoms. The minimum absolute atomic E-state index is 0.237. The highest BCUT2D eigenvalue weighted by atomic mass is 35.5. The summed E-state index contributed by atoms with van der Waals surface area (Å²) < 4.78 is 1.41. The van der Waals surface area contributed by atoms with Gasteiger partial charge in [0.25, 0.3) is 0 Å². The van der Waals surface area contributed by atoms with Crippen LogP contribution in [-0.2, 0) is 6.54 Å². The van der Waals surface area contributed by atoms with Gasteiger partial charge < -0.3 is 5.73 Å². The van der Waals surface area contributed by atoms with Gasteiger partial charge in [0.05, 0.1) is 0 Å². The van der Waals surface area contributed by atoms with E-state index in [2.05, 4.69) is 4.98 Å². The van der Waals surface area contributed by atoms with E-state index in [4.69, 9.17) is 17.3 Å². The number of nitrogens with two attached hydrogens (primary N) is 1. The molecule has 0 radical (unpaired) electrons.